The molecule has 4 rings (SSSR count). The van der Waals surface area contributed by atoms with Gasteiger partial charge in [0.05, 0.1) is 17.8 Å². The first kappa shape index (κ1) is 18.6. The molecule has 3 amide bonds. The lowest BCUT2D eigenvalue weighted by Crippen LogP contribution is -2.45. The average Bonchev–Trinajstić information content (AvgIpc) is 3.30. The van der Waals surface area contributed by atoms with Crippen LogP contribution in [0.5, 0.6) is 0 Å². The van der Waals surface area contributed by atoms with Crippen LogP contribution in [0.1, 0.15) is 12.8 Å². The van der Waals surface area contributed by atoms with Crippen LogP contribution in [0.25, 0.3) is 5.82 Å². The van der Waals surface area contributed by atoms with E-state index in [2.05, 4.69) is 25.7 Å². The molecule has 0 radical (unpaired) electrons. The fourth-order valence-electron chi connectivity index (χ4n) is 3.27. The second-order valence-corrected chi connectivity index (χ2v) is 6.82. The normalized spacial score (nSPS) is 16.3. The zero-order valence-electron chi connectivity index (χ0n) is 15.7. The molecule has 2 N–H and O–H groups in total. The molecule has 1 atom stereocenters. The largest absolute Gasteiger partial charge is 0.326 e. The molecule has 1 fully saturated rings. The number of nitrogens with zero attached hydrogens (tertiary/aromatic N) is 5. The first-order chi connectivity index (χ1) is 14.2. The van der Waals surface area contributed by atoms with E-state index in [1.807, 2.05) is 30.3 Å². The predicted molar refractivity (Wildman–Crippen MR) is 108 cm³/mol. The number of pyridine rings is 1. The van der Waals surface area contributed by atoms with Crippen molar-refractivity contribution < 1.29 is 9.59 Å². The third kappa shape index (κ3) is 4.57. The summed E-state index contributed by atoms with van der Waals surface area (Å²) in [7, 11) is 0. The molecule has 9 heteroatoms. The molecule has 0 unspecified atom stereocenters. The first-order valence-corrected chi connectivity index (χ1v) is 9.42. The number of aromatic nitrogens is 4. The number of para-hydroxylation sites is 1. The minimum absolute atomic E-state index is 0.0625. The zero-order chi connectivity index (χ0) is 20.1. The van der Waals surface area contributed by atoms with Crippen LogP contribution in [-0.2, 0) is 4.79 Å². The van der Waals surface area contributed by atoms with Crippen LogP contribution in [0.3, 0.4) is 0 Å². The number of hydrogen-bond donors (Lipinski definition) is 2. The summed E-state index contributed by atoms with van der Waals surface area (Å²) in [4.78, 5) is 35.0. The number of rotatable bonds is 4. The lowest BCUT2D eigenvalue weighted by Gasteiger charge is -2.32. The molecule has 9 nitrogen and oxygen atoms in total. The van der Waals surface area contributed by atoms with Gasteiger partial charge in [-0.3, -0.25) is 4.79 Å². The van der Waals surface area contributed by atoms with Gasteiger partial charge in [0.25, 0.3) is 0 Å². The fraction of sp³-hybridized carbons (Fsp3) is 0.250. The molecule has 1 saturated heterocycles. The van der Waals surface area contributed by atoms with E-state index in [4.69, 9.17) is 0 Å². The number of urea groups is 1. The smallest absolute Gasteiger partial charge is 0.321 e. The topological polar surface area (TPSA) is 105 Å². The summed E-state index contributed by atoms with van der Waals surface area (Å²) < 4.78 is 1.53. The molecular weight excluding hydrogens is 370 g/mol. The van der Waals surface area contributed by atoms with Gasteiger partial charge in [-0.05, 0) is 37.1 Å². The van der Waals surface area contributed by atoms with E-state index in [0.717, 1.165) is 18.5 Å². The SMILES string of the molecule is O=C(Nc1ccccc1)[C@H]1CCCN(C(=O)Nc2ccc(-n3cncn3)nc2)C1. The molecule has 0 aliphatic carbocycles. The number of amides is 3. The Bertz CT molecular complexity index is 958. The maximum Gasteiger partial charge on any atom is 0.321 e. The van der Waals surface area contributed by atoms with Crippen LogP contribution < -0.4 is 10.6 Å². The molecule has 3 heterocycles. The zero-order valence-corrected chi connectivity index (χ0v) is 15.7. The van der Waals surface area contributed by atoms with Crippen molar-refractivity contribution in [3.8, 4) is 5.82 Å². The van der Waals surface area contributed by atoms with E-state index in [1.165, 1.54) is 11.0 Å². The number of nitrogens with one attached hydrogen (secondary N) is 2. The van der Waals surface area contributed by atoms with Gasteiger partial charge in [0.15, 0.2) is 5.82 Å². The van der Waals surface area contributed by atoms with E-state index in [9.17, 15) is 9.59 Å². The van der Waals surface area contributed by atoms with E-state index < -0.39 is 0 Å². The molecule has 29 heavy (non-hydrogen) atoms. The van der Waals surface area contributed by atoms with Crippen LogP contribution in [0, 0.1) is 5.92 Å². The second kappa shape index (κ2) is 8.51. The van der Waals surface area contributed by atoms with Crippen molar-refractivity contribution in [3.05, 3.63) is 61.3 Å². The quantitative estimate of drug-likeness (QED) is 0.711. The highest BCUT2D eigenvalue weighted by atomic mass is 16.2. The minimum Gasteiger partial charge on any atom is -0.326 e. The summed E-state index contributed by atoms with van der Waals surface area (Å²) in [5.74, 6) is 0.311. The van der Waals surface area contributed by atoms with E-state index in [-0.39, 0.29) is 17.9 Å². The molecule has 2 aromatic heterocycles. The van der Waals surface area contributed by atoms with Gasteiger partial charge in [0, 0.05) is 18.8 Å². The van der Waals surface area contributed by atoms with Gasteiger partial charge in [-0.25, -0.2) is 19.4 Å². The summed E-state index contributed by atoms with van der Waals surface area (Å²) in [5, 5.41) is 9.78. The van der Waals surface area contributed by atoms with Crippen molar-refractivity contribution in [1.29, 1.82) is 0 Å². The standard InChI is InChI=1S/C20H21N7O2/c28-19(24-16-6-2-1-3-7-16)15-5-4-10-26(12-15)20(29)25-17-8-9-18(22-11-17)27-14-21-13-23-27/h1-3,6-9,11,13-15H,4-5,10,12H2,(H,24,28)(H,25,29)/t15-/m0/s1. The van der Waals surface area contributed by atoms with Crippen molar-refractivity contribution in [3.63, 3.8) is 0 Å². The average molecular weight is 391 g/mol. The van der Waals surface area contributed by atoms with E-state index >= 15 is 0 Å². The van der Waals surface area contributed by atoms with E-state index in [1.54, 1.807) is 29.6 Å². The minimum atomic E-state index is -0.238. The second-order valence-electron chi connectivity index (χ2n) is 6.82. The van der Waals surface area contributed by atoms with Crippen molar-refractivity contribution in [2.75, 3.05) is 23.7 Å². The Morgan fingerprint density at radius 1 is 1.03 bits per heavy atom. The third-order valence-electron chi connectivity index (χ3n) is 4.77. The Labute approximate surface area is 167 Å². The summed E-state index contributed by atoms with van der Waals surface area (Å²) in [6.45, 7) is 1.00. The van der Waals surface area contributed by atoms with Gasteiger partial charge in [0.2, 0.25) is 5.91 Å². The molecule has 0 bridgehead atoms. The van der Waals surface area contributed by atoms with Crippen LogP contribution in [-0.4, -0.2) is 49.7 Å². The fourth-order valence-corrected chi connectivity index (χ4v) is 3.27. The number of piperidine rings is 1. The summed E-state index contributed by atoms with van der Waals surface area (Å²) in [5.41, 5.74) is 1.34. The van der Waals surface area contributed by atoms with Gasteiger partial charge in [-0.2, -0.15) is 5.10 Å². The van der Waals surface area contributed by atoms with Crippen molar-refractivity contribution in [1.82, 2.24) is 24.6 Å². The van der Waals surface area contributed by atoms with Gasteiger partial charge >= 0.3 is 6.03 Å². The van der Waals surface area contributed by atoms with Gasteiger partial charge < -0.3 is 15.5 Å². The highest BCUT2D eigenvalue weighted by molar-refractivity contribution is 5.94. The summed E-state index contributed by atoms with van der Waals surface area (Å²) >= 11 is 0. The Kier molecular flexibility index (Phi) is 5.46. The highest BCUT2D eigenvalue weighted by Gasteiger charge is 2.28. The molecule has 1 aliphatic rings. The van der Waals surface area contributed by atoms with Crippen molar-refractivity contribution >= 4 is 23.3 Å². The molecule has 0 spiro atoms. The molecule has 3 aromatic rings. The lowest BCUT2D eigenvalue weighted by atomic mass is 9.97. The van der Waals surface area contributed by atoms with Gasteiger partial charge in [-0.1, -0.05) is 18.2 Å². The monoisotopic (exact) mass is 391 g/mol. The van der Waals surface area contributed by atoms with Crippen molar-refractivity contribution in [2.45, 2.75) is 12.8 Å². The number of carbonyl (C=O) groups is 2. The molecule has 1 aromatic carbocycles. The van der Waals surface area contributed by atoms with Crippen LogP contribution >= 0.6 is 0 Å². The third-order valence-corrected chi connectivity index (χ3v) is 4.77. The Balaban J connectivity index is 1.34. The van der Waals surface area contributed by atoms with Crippen LogP contribution in [0.4, 0.5) is 16.2 Å². The van der Waals surface area contributed by atoms with E-state index in [0.29, 0.717) is 24.6 Å². The number of benzene rings is 1. The van der Waals surface area contributed by atoms with Gasteiger partial charge in [-0.15, -0.1) is 0 Å². The number of hydrogen-bond acceptors (Lipinski definition) is 5. The summed E-state index contributed by atoms with van der Waals surface area (Å²) in [6, 6.07) is 12.6. The molecular formula is C20H21N7O2. The van der Waals surface area contributed by atoms with Crippen LogP contribution in [0.15, 0.2) is 61.3 Å². The highest BCUT2D eigenvalue weighted by Crippen LogP contribution is 2.20. The van der Waals surface area contributed by atoms with Crippen molar-refractivity contribution in [2.24, 2.45) is 5.92 Å². The maximum absolute atomic E-state index is 12.6. The first-order valence-electron chi connectivity index (χ1n) is 9.42. The Morgan fingerprint density at radius 3 is 2.62 bits per heavy atom. The molecule has 148 valence electrons. The number of carbonyl (C=O) groups excluding carboxylic acids is 2. The number of likely N-dealkylation sites (tertiary alicyclic amines) is 1. The van der Waals surface area contributed by atoms with Gasteiger partial charge in [0.1, 0.15) is 12.7 Å². The Hall–Kier alpha value is -3.75. The predicted octanol–water partition coefficient (Wildman–Crippen LogP) is 2.54. The molecule has 0 saturated carbocycles. The lowest BCUT2D eigenvalue weighted by molar-refractivity contribution is -0.121. The number of anilines is 2. The van der Waals surface area contributed by atoms with Crippen LogP contribution in [0.2, 0.25) is 0 Å². The summed E-state index contributed by atoms with van der Waals surface area (Å²) in [6.07, 6.45) is 6.09. The molecule has 1 aliphatic heterocycles. The maximum atomic E-state index is 12.6. The Morgan fingerprint density at radius 2 is 1.90 bits per heavy atom.